The number of benzene rings is 2. The van der Waals surface area contributed by atoms with Gasteiger partial charge < -0.3 is 14.9 Å². The summed E-state index contributed by atoms with van der Waals surface area (Å²) in [6.45, 7) is 13.6. The van der Waals surface area contributed by atoms with Crippen molar-refractivity contribution >= 4 is 0 Å². The van der Waals surface area contributed by atoms with Crippen LogP contribution in [0.3, 0.4) is 0 Å². The van der Waals surface area contributed by atoms with Crippen molar-refractivity contribution in [1.82, 2.24) is 19.6 Å². The van der Waals surface area contributed by atoms with E-state index >= 15 is 0 Å². The average molecular weight is 451 g/mol. The molecule has 33 heavy (non-hydrogen) atoms. The Labute approximate surface area is 200 Å². The molecule has 4 rings (SSSR count). The molecule has 3 atom stereocenters. The Hall–Kier alpha value is -1.76. The second-order valence-corrected chi connectivity index (χ2v) is 9.86. The van der Waals surface area contributed by atoms with Gasteiger partial charge in [0.1, 0.15) is 0 Å². The van der Waals surface area contributed by atoms with Crippen LogP contribution >= 0.6 is 0 Å². The number of aliphatic hydroxyl groups is 1. The van der Waals surface area contributed by atoms with Crippen LogP contribution in [0.25, 0.3) is 0 Å². The lowest BCUT2D eigenvalue weighted by molar-refractivity contribution is 0.0862. The minimum atomic E-state index is 0.282. The lowest BCUT2D eigenvalue weighted by Crippen LogP contribution is -2.49. The zero-order valence-corrected chi connectivity index (χ0v) is 20.2. The lowest BCUT2D eigenvalue weighted by Gasteiger charge is -2.38. The number of fused-ring (bicyclic) bond motifs is 3. The van der Waals surface area contributed by atoms with Gasteiger partial charge in [0.25, 0.3) is 0 Å². The first-order valence-electron chi connectivity index (χ1n) is 12.9. The lowest BCUT2D eigenvalue weighted by atomic mass is 10.0. The maximum atomic E-state index is 9.79. The van der Waals surface area contributed by atoms with E-state index in [1.54, 1.807) is 0 Å². The maximum Gasteiger partial charge on any atom is 0.0434 e. The standard InChI is InChI=1S/C28H42N4O/c33-21-12-28-24-31-17-15-29(16-20-32(25-28)23-27-10-5-2-6-11-27)13-7-14-30(18-19-31)22-26-8-3-1-4-9-26/h1-6,8-11,28,33H,7,12-25H2. The van der Waals surface area contributed by atoms with Gasteiger partial charge in [-0.05, 0) is 43.0 Å². The zero-order chi connectivity index (χ0) is 22.7. The molecule has 2 saturated heterocycles. The summed E-state index contributed by atoms with van der Waals surface area (Å²) in [5.74, 6) is 0.510. The summed E-state index contributed by atoms with van der Waals surface area (Å²) < 4.78 is 0. The van der Waals surface area contributed by atoms with Gasteiger partial charge in [0.2, 0.25) is 0 Å². The van der Waals surface area contributed by atoms with Gasteiger partial charge in [-0.3, -0.25) is 9.80 Å². The molecule has 5 nitrogen and oxygen atoms in total. The van der Waals surface area contributed by atoms with Gasteiger partial charge in [-0.2, -0.15) is 0 Å². The second kappa shape index (κ2) is 13.2. The summed E-state index contributed by atoms with van der Waals surface area (Å²) in [5.41, 5.74) is 2.80. The molecule has 2 aromatic carbocycles. The number of hydrogen-bond donors (Lipinski definition) is 1. The van der Waals surface area contributed by atoms with Crippen LogP contribution in [0.2, 0.25) is 0 Å². The van der Waals surface area contributed by atoms with E-state index in [0.717, 1.165) is 78.4 Å². The largest absolute Gasteiger partial charge is 0.396 e. The molecule has 0 spiro atoms. The third-order valence-electron chi connectivity index (χ3n) is 7.21. The Morgan fingerprint density at radius 1 is 0.606 bits per heavy atom. The van der Waals surface area contributed by atoms with Crippen LogP contribution in [0, 0.1) is 5.92 Å². The minimum Gasteiger partial charge on any atom is -0.396 e. The van der Waals surface area contributed by atoms with Crippen LogP contribution < -0.4 is 0 Å². The molecule has 1 N–H and O–H groups in total. The average Bonchev–Trinajstić information content (AvgIpc) is 2.84. The number of rotatable bonds is 6. The van der Waals surface area contributed by atoms with Gasteiger partial charge in [-0.1, -0.05) is 60.7 Å². The summed E-state index contributed by atoms with van der Waals surface area (Å²) in [7, 11) is 0. The fourth-order valence-corrected chi connectivity index (χ4v) is 5.34. The topological polar surface area (TPSA) is 33.2 Å². The molecule has 2 bridgehead atoms. The normalized spacial score (nSPS) is 26.2. The molecular formula is C28H42N4O. The van der Waals surface area contributed by atoms with E-state index < -0.39 is 0 Å². The molecule has 2 aliphatic rings. The Morgan fingerprint density at radius 2 is 1.18 bits per heavy atom. The Kier molecular flexibility index (Phi) is 9.75. The van der Waals surface area contributed by atoms with E-state index in [2.05, 4.69) is 80.3 Å². The van der Waals surface area contributed by atoms with Crippen molar-refractivity contribution in [3.8, 4) is 0 Å². The van der Waals surface area contributed by atoms with Crippen LogP contribution in [0.5, 0.6) is 0 Å². The highest BCUT2D eigenvalue weighted by Gasteiger charge is 2.23. The van der Waals surface area contributed by atoms with Crippen LogP contribution in [0.1, 0.15) is 24.0 Å². The summed E-state index contributed by atoms with van der Waals surface area (Å²) >= 11 is 0. The molecule has 3 unspecified atom stereocenters. The van der Waals surface area contributed by atoms with Crippen LogP contribution in [0.4, 0.5) is 0 Å². The van der Waals surface area contributed by atoms with Crippen molar-refractivity contribution in [2.45, 2.75) is 25.9 Å². The predicted molar refractivity (Wildman–Crippen MR) is 136 cm³/mol. The fourth-order valence-electron chi connectivity index (χ4n) is 5.34. The predicted octanol–water partition coefficient (Wildman–Crippen LogP) is 3.01. The number of hydrogen-bond acceptors (Lipinski definition) is 5. The number of aliphatic hydroxyl groups excluding tert-OH is 1. The first-order chi connectivity index (χ1) is 16.3. The van der Waals surface area contributed by atoms with Crippen molar-refractivity contribution in [1.29, 1.82) is 0 Å². The molecule has 0 amide bonds. The third kappa shape index (κ3) is 8.20. The maximum absolute atomic E-state index is 9.79. The van der Waals surface area contributed by atoms with E-state index in [-0.39, 0.29) is 6.61 Å². The smallest absolute Gasteiger partial charge is 0.0434 e. The summed E-state index contributed by atoms with van der Waals surface area (Å²) in [6, 6.07) is 21.8. The summed E-state index contributed by atoms with van der Waals surface area (Å²) in [6.07, 6.45) is 2.12. The zero-order valence-electron chi connectivity index (χ0n) is 20.2. The van der Waals surface area contributed by atoms with Crippen molar-refractivity contribution in [3.63, 3.8) is 0 Å². The highest BCUT2D eigenvalue weighted by atomic mass is 16.3. The Bertz CT molecular complexity index is 787. The van der Waals surface area contributed by atoms with E-state index in [0.29, 0.717) is 5.92 Å². The molecule has 2 fully saturated rings. The van der Waals surface area contributed by atoms with Gasteiger partial charge in [-0.25, -0.2) is 0 Å². The van der Waals surface area contributed by atoms with E-state index in [4.69, 9.17) is 0 Å². The van der Waals surface area contributed by atoms with Crippen molar-refractivity contribution < 1.29 is 5.11 Å². The summed E-state index contributed by atoms with van der Waals surface area (Å²) in [4.78, 5) is 10.6. The molecule has 0 aliphatic carbocycles. The molecule has 0 aromatic heterocycles. The Morgan fingerprint density at radius 3 is 1.88 bits per heavy atom. The summed E-state index contributed by atoms with van der Waals surface area (Å²) in [5, 5.41) is 9.79. The fraction of sp³-hybridized carbons (Fsp3) is 0.571. The molecule has 5 heteroatoms. The van der Waals surface area contributed by atoms with Crippen LogP contribution in [-0.4, -0.2) is 96.8 Å². The Balaban J connectivity index is 1.44. The van der Waals surface area contributed by atoms with Gasteiger partial charge >= 0.3 is 0 Å². The highest BCUT2D eigenvalue weighted by molar-refractivity contribution is 5.15. The highest BCUT2D eigenvalue weighted by Crippen LogP contribution is 2.16. The molecule has 0 radical (unpaired) electrons. The van der Waals surface area contributed by atoms with Gasteiger partial charge in [0.15, 0.2) is 0 Å². The van der Waals surface area contributed by atoms with Crippen molar-refractivity contribution in [2.75, 3.05) is 72.1 Å². The van der Waals surface area contributed by atoms with Crippen LogP contribution in [0.15, 0.2) is 60.7 Å². The molecule has 2 aliphatic heterocycles. The molecular weight excluding hydrogens is 408 g/mol. The molecule has 180 valence electrons. The SMILES string of the molecule is OCCC1CN2CCN(CCCN(Cc3ccccc3)CC2)CCN(Cc2ccccc2)C1. The van der Waals surface area contributed by atoms with Crippen LogP contribution in [-0.2, 0) is 13.1 Å². The molecule has 2 heterocycles. The quantitative estimate of drug-likeness (QED) is 0.732. The van der Waals surface area contributed by atoms with Gasteiger partial charge in [-0.15, -0.1) is 0 Å². The van der Waals surface area contributed by atoms with Gasteiger partial charge in [0.05, 0.1) is 0 Å². The van der Waals surface area contributed by atoms with Crippen molar-refractivity contribution in [3.05, 3.63) is 71.8 Å². The van der Waals surface area contributed by atoms with E-state index in [1.807, 2.05) is 0 Å². The molecule has 0 saturated carbocycles. The number of nitrogens with zero attached hydrogens (tertiary/aromatic N) is 4. The minimum absolute atomic E-state index is 0.282. The third-order valence-corrected chi connectivity index (χ3v) is 7.21. The molecule has 2 aromatic rings. The van der Waals surface area contributed by atoms with E-state index in [1.165, 1.54) is 24.1 Å². The van der Waals surface area contributed by atoms with Gasteiger partial charge in [0, 0.05) is 72.1 Å². The monoisotopic (exact) mass is 450 g/mol. The first-order valence-corrected chi connectivity index (χ1v) is 12.9. The van der Waals surface area contributed by atoms with E-state index in [9.17, 15) is 5.11 Å². The first kappa shape index (κ1) is 24.4. The second-order valence-electron chi connectivity index (χ2n) is 9.86. The van der Waals surface area contributed by atoms with Crippen molar-refractivity contribution in [2.24, 2.45) is 5.92 Å².